The Kier molecular flexibility index (Phi) is 4.13. The highest BCUT2D eigenvalue weighted by atomic mass is 16.4. The summed E-state index contributed by atoms with van der Waals surface area (Å²) in [7, 11) is 0. The monoisotopic (exact) mass is 337 g/mol. The Labute approximate surface area is 139 Å². The van der Waals surface area contributed by atoms with Crippen molar-refractivity contribution in [2.75, 3.05) is 13.1 Å². The van der Waals surface area contributed by atoms with Crippen molar-refractivity contribution in [3.8, 4) is 0 Å². The maximum atomic E-state index is 12.3. The minimum Gasteiger partial charge on any atom is -0.477 e. The molecular weight excluding hydrogens is 314 g/mol. The molecule has 132 valence electrons. The molecule has 0 radical (unpaired) electrons. The SMILES string of the molecule is C[C@@H](O)[C@H]1C(=O)N2C(C(=O)O)=C(CN3CCC[C@H]3C(N)=O)[C@H](C)[C@H]12. The van der Waals surface area contributed by atoms with E-state index in [0.29, 0.717) is 25.1 Å². The number of likely N-dealkylation sites (tertiary alicyclic amines) is 1. The third kappa shape index (κ3) is 2.32. The number of nitrogens with zero attached hydrogens (tertiary/aromatic N) is 2. The van der Waals surface area contributed by atoms with Gasteiger partial charge in [-0.15, -0.1) is 0 Å². The molecule has 4 N–H and O–H groups in total. The van der Waals surface area contributed by atoms with E-state index in [4.69, 9.17) is 5.73 Å². The summed E-state index contributed by atoms with van der Waals surface area (Å²) in [5.74, 6) is -2.65. The summed E-state index contributed by atoms with van der Waals surface area (Å²) in [6.45, 7) is 4.41. The van der Waals surface area contributed by atoms with Crippen LogP contribution in [0.1, 0.15) is 26.7 Å². The van der Waals surface area contributed by atoms with Crippen LogP contribution in [0.15, 0.2) is 11.3 Å². The van der Waals surface area contributed by atoms with Crippen LogP contribution < -0.4 is 5.73 Å². The molecule has 8 nitrogen and oxygen atoms in total. The number of carboxylic acids is 1. The predicted molar refractivity (Wildman–Crippen MR) is 83.4 cm³/mol. The lowest BCUT2D eigenvalue weighted by atomic mass is 9.77. The van der Waals surface area contributed by atoms with Crippen LogP contribution in [0.2, 0.25) is 0 Å². The average Bonchev–Trinajstić information content (AvgIpc) is 3.02. The van der Waals surface area contributed by atoms with E-state index in [2.05, 4.69) is 0 Å². The van der Waals surface area contributed by atoms with Crippen LogP contribution in [0, 0.1) is 11.8 Å². The molecule has 0 unspecified atom stereocenters. The molecule has 8 heteroatoms. The van der Waals surface area contributed by atoms with Crippen molar-refractivity contribution < 1.29 is 24.6 Å². The van der Waals surface area contributed by atoms with Crippen LogP contribution in [0.25, 0.3) is 0 Å². The molecular formula is C16H23N3O5. The predicted octanol–water partition coefficient (Wildman–Crippen LogP) is -0.868. The summed E-state index contributed by atoms with van der Waals surface area (Å²) in [6.07, 6.45) is 0.683. The van der Waals surface area contributed by atoms with Crippen molar-refractivity contribution in [1.29, 1.82) is 0 Å². The zero-order chi connectivity index (χ0) is 17.8. The van der Waals surface area contributed by atoms with Crippen LogP contribution in [0.3, 0.4) is 0 Å². The Morgan fingerprint density at radius 3 is 2.62 bits per heavy atom. The van der Waals surface area contributed by atoms with E-state index in [1.807, 2.05) is 11.8 Å². The average molecular weight is 337 g/mol. The molecule has 5 atom stereocenters. The van der Waals surface area contributed by atoms with Crippen LogP contribution in [0.5, 0.6) is 0 Å². The van der Waals surface area contributed by atoms with Gasteiger partial charge in [0, 0.05) is 12.5 Å². The van der Waals surface area contributed by atoms with Gasteiger partial charge in [0.1, 0.15) is 5.70 Å². The zero-order valence-electron chi connectivity index (χ0n) is 13.8. The molecule has 2 saturated heterocycles. The molecule has 3 heterocycles. The summed E-state index contributed by atoms with van der Waals surface area (Å²) in [4.78, 5) is 38.8. The number of β-lactam (4-membered cyclic amide) rings is 1. The highest BCUT2D eigenvalue weighted by molar-refractivity contribution is 6.00. The molecule has 3 aliphatic heterocycles. The van der Waals surface area contributed by atoms with Crippen molar-refractivity contribution in [1.82, 2.24) is 9.80 Å². The summed E-state index contributed by atoms with van der Waals surface area (Å²) < 4.78 is 0. The quantitative estimate of drug-likeness (QED) is 0.560. The van der Waals surface area contributed by atoms with Gasteiger partial charge in [-0.05, 0) is 31.9 Å². The highest BCUT2D eigenvalue weighted by Gasteiger charge is 2.59. The number of carboxylic acid groups (broad SMARTS) is 1. The number of hydrogen-bond acceptors (Lipinski definition) is 5. The maximum Gasteiger partial charge on any atom is 0.352 e. The van der Waals surface area contributed by atoms with Gasteiger partial charge in [0.2, 0.25) is 11.8 Å². The molecule has 3 rings (SSSR count). The third-order valence-electron chi connectivity index (χ3n) is 5.58. The van der Waals surface area contributed by atoms with Crippen LogP contribution >= 0.6 is 0 Å². The second-order valence-corrected chi connectivity index (χ2v) is 6.96. The molecule has 2 fully saturated rings. The van der Waals surface area contributed by atoms with Crippen LogP contribution in [-0.2, 0) is 14.4 Å². The van der Waals surface area contributed by atoms with E-state index in [1.54, 1.807) is 6.92 Å². The number of carbonyl (C=O) groups excluding carboxylic acids is 2. The van der Waals surface area contributed by atoms with Gasteiger partial charge in [-0.3, -0.25) is 14.5 Å². The number of rotatable bonds is 5. The van der Waals surface area contributed by atoms with Gasteiger partial charge in [0.05, 0.1) is 24.1 Å². The second-order valence-electron chi connectivity index (χ2n) is 6.96. The molecule has 0 aromatic rings. The smallest absolute Gasteiger partial charge is 0.352 e. The number of fused-ring (bicyclic) bond motifs is 1. The summed E-state index contributed by atoms with van der Waals surface area (Å²) in [5, 5.41) is 19.4. The van der Waals surface area contributed by atoms with Crippen LogP contribution in [0.4, 0.5) is 0 Å². The van der Waals surface area contributed by atoms with Gasteiger partial charge in [0.15, 0.2) is 0 Å². The fourth-order valence-electron chi connectivity index (χ4n) is 4.41. The maximum absolute atomic E-state index is 12.3. The minimum absolute atomic E-state index is 0.00419. The first-order valence-corrected chi connectivity index (χ1v) is 8.26. The largest absolute Gasteiger partial charge is 0.477 e. The molecule has 0 bridgehead atoms. The van der Waals surface area contributed by atoms with E-state index in [9.17, 15) is 24.6 Å². The summed E-state index contributed by atoms with van der Waals surface area (Å²) >= 11 is 0. The van der Waals surface area contributed by atoms with Gasteiger partial charge < -0.3 is 20.8 Å². The lowest BCUT2D eigenvalue weighted by Crippen LogP contribution is -2.63. The molecule has 2 amide bonds. The fourth-order valence-corrected chi connectivity index (χ4v) is 4.41. The van der Waals surface area contributed by atoms with Crippen molar-refractivity contribution >= 4 is 17.8 Å². The Bertz CT molecular complexity index is 629. The Balaban J connectivity index is 1.90. The van der Waals surface area contributed by atoms with Gasteiger partial charge >= 0.3 is 5.97 Å². The first-order valence-electron chi connectivity index (χ1n) is 8.26. The fraction of sp³-hybridized carbons (Fsp3) is 0.688. The molecule has 3 aliphatic rings. The summed E-state index contributed by atoms with van der Waals surface area (Å²) in [6, 6.07) is -0.718. The number of primary amides is 1. The lowest BCUT2D eigenvalue weighted by molar-refractivity contribution is -0.163. The molecule has 0 aliphatic carbocycles. The van der Waals surface area contributed by atoms with Crippen molar-refractivity contribution in [2.24, 2.45) is 17.6 Å². The normalized spacial score (nSPS) is 34.3. The molecule has 0 aromatic carbocycles. The topological polar surface area (TPSA) is 124 Å². The van der Waals surface area contributed by atoms with E-state index in [1.165, 1.54) is 4.90 Å². The molecule has 0 saturated carbocycles. The summed E-state index contributed by atoms with van der Waals surface area (Å²) in [5.41, 5.74) is 6.07. The first-order chi connectivity index (χ1) is 11.3. The number of nitrogens with two attached hydrogens (primary N) is 1. The first kappa shape index (κ1) is 16.9. The number of carbonyl (C=O) groups is 3. The van der Waals surface area contributed by atoms with Gasteiger partial charge in [-0.1, -0.05) is 6.92 Å². The molecule has 0 spiro atoms. The molecule has 0 aromatic heterocycles. The van der Waals surface area contributed by atoms with Crippen molar-refractivity contribution in [2.45, 2.75) is 44.9 Å². The Hall–Kier alpha value is -1.93. The van der Waals surface area contributed by atoms with Crippen molar-refractivity contribution in [3.63, 3.8) is 0 Å². The van der Waals surface area contributed by atoms with Gasteiger partial charge in [0.25, 0.3) is 0 Å². The molecule has 24 heavy (non-hydrogen) atoms. The standard InChI is InChI=1S/C16H23N3O5/c1-7-9(6-18-5-3-4-10(18)14(17)21)13(16(23)24)19-12(7)11(8(2)20)15(19)22/h7-8,10-12,20H,3-6H2,1-2H3,(H2,17,21)(H,23,24)/t7-,8+,10-,11+,12+/m0/s1. The van der Waals surface area contributed by atoms with Gasteiger partial charge in [-0.2, -0.15) is 0 Å². The highest BCUT2D eigenvalue weighted by Crippen LogP contribution is 2.47. The van der Waals surface area contributed by atoms with Crippen LogP contribution in [-0.4, -0.2) is 69.1 Å². The van der Waals surface area contributed by atoms with E-state index < -0.39 is 29.9 Å². The number of amides is 2. The number of aliphatic hydroxyl groups excluding tert-OH is 1. The Morgan fingerprint density at radius 1 is 1.42 bits per heavy atom. The van der Waals surface area contributed by atoms with Gasteiger partial charge in [-0.25, -0.2) is 4.79 Å². The Morgan fingerprint density at radius 2 is 2.08 bits per heavy atom. The van der Waals surface area contributed by atoms with E-state index >= 15 is 0 Å². The van der Waals surface area contributed by atoms with Crippen molar-refractivity contribution in [3.05, 3.63) is 11.3 Å². The minimum atomic E-state index is -1.15. The lowest BCUT2D eigenvalue weighted by Gasteiger charge is -2.46. The van der Waals surface area contributed by atoms with E-state index in [0.717, 1.165) is 6.42 Å². The third-order valence-corrected chi connectivity index (χ3v) is 5.58. The number of hydrogen-bond donors (Lipinski definition) is 3. The number of aliphatic hydroxyl groups is 1. The number of aliphatic carboxylic acids is 1. The van der Waals surface area contributed by atoms with E-state index in [-0.39, 0.29) is 23.6 Å². The zero-order valence-corrected chi connectivity index (χ0v) is 13.8. The second kappa shape index (κ2) is 5.86.